The van der Waals surface area contributed by atoms with Gasteiger partial charge in [0.05, 0.1) is 13.2 Å². The second-order valence-corrected chi connectivity index (χ2v) is 3.15. The minimum atomic E-state index is 0.186. The van der Waals surface area contributed by atoms with Crippen LogP contribution in [0.3, 0.4) is 0 Å². The molecule has 1 aliphatic heterocycles. The van der Waals surface area contributed by atoms with E-state index in [1.807, 2.05) is 0 Å². The lowest BCUT2D eigenvalue weighted by molar-refractivity contribution is -0.118. The van der Waals surface area contributed by atoms with Crippen molar-refractivity contribution in [2.45, 2.75) is 25.8 Å². The van der Waals surface area contributed by atoms with Gasteiger partial charge in [-0.05, 0) is 26.3 Å². The molecule has 1 heterocycles. The van der Waals surface area contributed by atoms with Gasteiger partial charge in [-0.15, -0.1) is 0 Å². The highest BCUT2D eigenvalue weighted by molar-refractivity contribution is 5.77. The second-order valence-electron chi connectivity index (χ2n) is 3.15. The van der Waals surface area contributed by atoms with Crippen LogP contribution in [0.4, 0.5) is 0 Å². The fourth-order valence-electron chi connectivity index (χ4n) is 1.60. The molecular weight excluding hydrogens is 142 g/mol. The summed E-state index contributed by atoms with van der Waals surface area (Å²) in [6, 6.07) is 0.235. The van der Waals surface area contributed by atoms with Crippen LogP contribution in [0.15, 0.2) is 0 Å². The molecular formula is C8H15NO2. The Morgan fingerprint density at radius 3 is 3.00 bits per heavy atom. The molecule has 3 nitrogen and oxygen atoms in total. The number of hydrogen-bond acceptors (Lipinski definition) is 3. The van der Waals surface area contributed by atoms with Crippen LogP contribution in [0.5, 0.6) is 0 Å². The average molecular weight is 157 g/mol. The largest absolute Gasteiger partial charge is 0.395 e. The zero-order valence-corrected chi connectivity index (χ0v) is 6.92. The zero-order chi connectivity index (χ0) is 8.27. The summed E-state index contributed by atoms with van der Waals surface area (Å²) in [5.41, 5.74) is 0. The number of aliphatic hydroxyl groups is 1. The lowest BCUT2D eigenvalue weighted by atomic mass is 10.2. The minimum Gasteiger partial charge on any atom is -0.395 e. The van der Waals surface area contributed by atoms with Gasteiger partial charge in [0.25, 0.3) is 0 Å². The number of ketones is 1. The van der Waals surface area contributed by atoms with E-state index in [0.717, 1.165) is 19.4 Å². The van der Waals surface area contributed by atoms with Crippen molar-refractivity contribution in [2.24, 2.45) is 0 Å². The summed E-state index contributed by atoms with van der Waals surface area (Å²) in [6.07, 6.45) is 2.14. The van der Waals surface area contributed by atoms with E-state index in [2.05, 4.69) is 4.90 Å². The first kappa shape index (κ1) is 8.68. The summed E-state index contributed by atoms with van der Waals surface area (Å²) in [5, 5.41) is 8.90. The quantitative estimate of drug-likeness (QED) is 0.628. The minimum absolute atomic E-state index is 0.186. The van der Waals surface area contributed by atoms with Crippen molar-refractivity contribution >= 4 is 5.78 Å². The van der Waals surface area contributed by atoms with E-state index >= 15 is 0 Å². The van der Waals surface area contributed by atoms with Gasteiger partial charge >= 0.3 is 0 Å². The topological polar surface area (TPSA) is 40.5 Å². The molecule has 0 aromatic carbocycles. The fraction of sp³-hybridized carbons (Fsp3) is 0.875. The number of hydrogen-bond donors (Lipinski definition) is 1. The van der Waals surface area contributed by atoms with Crippen molar-refractivity contribution in [3.63, 3.8) is 0 Å². The third-order valence-electron chi connectivity index (χ3n) is 2.14. The summed E-state index contributed by atoms with van der Waals surface area (Å²) in [5.74, 6) is 0.186. The van der Waals surface area contributed by atoms with Crippen molar-refractivity contribution < 1.29 is 9.90 Å². The number of Topliss-reactive ketones (excluding diaryl/α,β-unsaturated/α-hetero) is 1. The Bertz CT molecular complexity index is 147. The van der Waals surface area contributed by atoms with Crippen LogP contribution in [0.1, 0.15) is 19.8 Å². The van der Waals surface area contributed by atoms with E-state index in [1.54, 1.807) is 6.92 Å². The van der Waals surface area contributed by atoms with Crippen molar-refractivity contribution in [3.05, 3.63) is 0 Å². The molecule has 64 valence electrons. The number of rotatable bonds is 3. The average Bonchev–Trinajstić information content (AvgIpc) is 2.34. The zero-order valence-electron chi connectivity index (χ0n) is 6.92. The molecule has 0 bridgehead atoms. The van der Waals surface area contributed by atoms with Crippen LogP contribution in [-0.2, 0) is 4.79 Å². The van der Waals surface area contributed by atoms with Crippen LogP contribution in [0.25, 0.3) is 0 Å². The maximum atomic E-state index is 10.7. The molecule has 11 heavy (non-hydrogen) atoms. The highest BCUT2D eigenvalue weighted by atomic mass is 16.3. The normalized spacial score (nSPS) is 25.8. The molecule has 0 unspecified atom stereocenters. The van der Waals surface area contributed by atoms with Gasteiger partial charge in [0.1, 0.15) is 5.78 Å². The number of nitrogens with zero attached hydrogens (tertiary/aromatic N) is 1. The SMILES string of the molecule is CC(=O)CN1CCC[C@@H]1CO. The Balaban J connectivity index is 2.37. The predicted molar refractivity (Wildman–Crippen MR) is 42.4 cm³/mol. The monoisotopic (exact) mass is 157 g/mol. The Hall–Kier alpha value is -0.410. The van der Waals surface area contributed by atoms with E-state index < -0.39 is 0 Å². The Morgan fingerprint density at radius 1 is 1.73 bits per heavy atom. The van der Waals surface area contributed by atoms with Crippen molar-refractivity contribution in [3.8, 4) is 0 Å². The van der Waals surface area contributed by atoms with Crippen LogP contribution < -0.4 is 0 Å². The summed E-state index contributed by atoms with van der Waals surface area (Å²) in [4.78, 5) is 12.8. The molecule has 1 fully saturated rings. The molecule has 0 aromatic rings. The predicted octanol–water partition coefficient (Wildman–Crippen LogP) is 0.0321. The molecule has 1 N–H and O–H groups in total. The highest BCUT2D eigenvalue weighted by Gasteiger charge is 2.23. The first-order chi connectivity index (χ1) is 5.24. The van der Waals surface area contributed by atoms with Crippen molar-refractivity contribution in [1.29, 1.82) is 0 Å². The van der Waals surface area contributed by atoms with Gasteiger partial charge in [-0.3, -0.25) is 9.69 Å². The van der Waals surface area contributed by atoms with E-state index in [1.165, 1.54) is 0 Å². The molecule has 1 rings (SSSR count). The van der Waals surface area contributed by atoms with Crippen LogP contribution in [0.2, 0.25) is 0 Å². The van der Waals surface area contributed by atoms with Gasteiger partial charge in [-0.2, -0.15) is 0 Å². The Labute approximate surface area is 67.0 Å². The lowest BCUT2D eigenvalue weighted by Gasteiger charge is -2.20. The van der Waals surface area contributed by atoms with Crippen molar-refractivity contribution in [2.75, 3.05) is 19.7 Å². The molecule has 3 heteroatoms. The molecule has 0 amide bonds. The smallest absolute Gasteiger partial charge is 0.143 e. The summed E-state index contributed by atoms with van der Waals surface area (Å²) in [6.45, 7) is 3.25. The second kappa shape index (κ2) is 3.83. The number of likely N-dealkylation sites (tertiary alicyclic amines) is 1. The van der Waals surface area contributed by atoms with E-state index in [9.17, 15) is 4.79 Å². The van der Waals surface area contributed by atoms with E-state index in [0.29, 0.717) is 6.54 Å². The summed E-state index contributed by atoms with van der Waals surface area (Å²) < 4.78 is 0. The first-order valence-electron chi connectivity index (χ1n) is 4.08. The standard InChI is InChI=1S/C8H15NO2/c1-7(11)5-9-4-2-3-8(9)6-10/h8,10H,2-6H2,1H3/t8-/m1/s1. The molecule has 1 aliphatic rings. The van der Waals surface area contributed by atoms with Crippen LogP contribution in [0, 0.1) is 0 Å². The molecule has 0 aromatic heterocycles. The van der Waals surface area contributed by atoms with Gasteiger partial charge < -0.3 is 5.11 Å². The summed E-state index contributed by atoms with van der Waals surface area (Å²) >= 11 is 0. The first-order valence-corrected chi connectivity index (χ1v) is 4.08. The number of carbonyl (C=O) groups is 1. The lowest BCUT2D eigenvalue weighted by Crippen LogP contribution is -2.35. The molecule has 0 aliphatic carbocycles. The molecule has 0 saturated carbocycles. The Morgan fingerprint density at radius 2 is 2.45 bits per heavy atom. The number of carbonyl (C=O) groups excluding carboxylic acids is 1. The number of aliphatic hydroxyl groups excluding tert-OH is 1. The maximum Gasteiger partial charge on any atom is 0.143 e. The third-order valence-corrected chi connectivity index (χ3v) is 2.14. The van der Waals surface area contributed by atoms with Crippen LogP contribution in [-0.4, -0.2) is 41.5 Å². The third kappa shape index (κ3) is 2.27. The molecule has 0 spiro atoms. The van der Waals surface area contributed by atoms with Gasteiger partial charge in [-0.1, -0.05) is 0 Å². The van der Waals surface area contributed by atoms with Gasteiger partial charge in [-0.25, -0.2) is 0 Å². The molecule has 0 radical (unpaired) electrons. The van der Waals surface area contributed by atoms with Crippen LogP contribution >= 0.6 is 0 Å². The maximum absolute atomic E-state index is 10.7. The van der Waals surface area contributed by atoms with Gasteiger partial charge in [0, 0.05) is 6.04 Å². The van der Waals surface area contributed by atoms with Crippen molar-refractivity contribution in [1.82, 2.24) is 4.90 Å². The van der Waals surface area contributed by atoms with E-state index in [-0.39, 0.29) is 18.4 Å². The van der Waals surface area contributed by atoms with Gasteiger partial charge in [0.15, 0.2) is 0 Å². The summed E-state index contributed by atoms with van der Waals surface area (Å²) in [7, 11) is 0. The molecule has 1 atom stereocenters. The Kier molecular flexibility index (Phi) is 3.02. The van der Waals surface area contributed by atoms with E-state index in [4.69, 9.17) is 5.11 Å². The highest BCUT2D eigenvalue weighted by Crippen LogP contribution is 2.15. The fourth-order valence-corrected chi connectivity index (χ4v) is 1.60. The van der Waals surface area contributed by atoms with Gasteiger partial charge in [0.2, 0.25) is 0 Å². The molecule has 1 saturated heterocycles.